The molecule has 0 fully saturated rings. The molecule has 206 valence electrons. The number of aromatic nitrogens is 1. The van der Waals surface area contributed by atoms with Gasteiger partial charge >= 0.3 is 0 Å². The number of pyridine rings is 1. The average molecular weight is 560 g/mol. The molecule has 0 atom stereocenters. The maximum atomic E-state index is 5.24. The average Bonchev–Trinajstić information content (AvgIpc) is 3.39. The molecule has 8 aromatic rings. The van der Waals surface area contributed by atoms with Crippen LogP contribution in [0.2, 0.25) is 0 Å². The SMILES string of the molecule is Cc1ccc2nc(-c3ccc4c5c(cccc35)-c3c-4c(-c4ccccc4)c4ccccc4c3-c3ccccc3)c(C)cc2c1. The minimum Gasteiger partial charge on any atom is -0.247 e. The van der Waals surface area contributed by atoms with Gasteiger partial charge in [-0.1, -0.05) is 127 Å². The minimum atomic E-state index is 1.03. The van der Waals surface area contributed by atoms with Crippen molar-refractivity contribution in [1.82, 2.24) is 4.98 Å². The van der Waals surface area contributed by atoms with Gasteiger partial charge in [0.1, 0.15) is 0 Å². The molecule has 9 rings (SSSR count). The molecular formula is C43H29N. The summed E-state index contributed by atoms with van der Waals surface area (Å²) in [6, 6.07) is 51.1. The van der Waals surface area contributed by atoms with E-state index in [4.69, 9.17) is 4.98 Å². The summed E-state index contributed by atoms with van der Waals surface area (Å²) in [7, 11) is 0. The second kappa shape index (κ2) is 9.49. The van der Waals surface area contributed by atoms with Gasteiger partial charge in [0.05, 0.1) is 11.2 Å². The first-order valence-corrected chi connectivity index (χ1v) is 15.3. The lowest BCUT2D eigenvalue weighted by Gasteiger charge is -2.20. The van der Waals surface area contributed by atoms with Gasteiger partial charge in [-0.3, -0.25) is 0 Å². The molecular weight excluding hydrogens is 530 g/mol. The van der Waals surface area contributed by atoms with E-state index in [1.807, 2.05) is 0 Å². The molecule has 0 saturated heterocycles. The molecule has 0 aliphatic heterocycles. The topological polar surface area (TPSA) is 12.9 Å². The van der Waals surface area contributed by atoms with Crippen molar-refractivity contribution >= 4 is 32.4 Å². The fraction of sp³-hybridized carbons (Fsp3) is 0.0465. The number of benzene rings is 7. The summed E-state index contributed by atoms with van der Waals surface area (Å²) in [5.41, 5.74) is 16.1. The van der Waals surface area contributed by atoms with Gasteiger partial charge in [-0.15, -0.1) is 0 Å². The highest BCUT2D eigenvalue weighted by atomic mass is 14.7. The standard InChI is InChI=1S/C43H29N/c1-26-20-23-37-30(24-26)25-27(2)43(44-37)34-21-22-36-40-33(34)18-11-19-35(40)41-38(28-12-5-3-6-13-28)31-16-9-10-17-32(31)39(42(36)41)29-14-7-4-8-15-29/h3-25H,1-2H3. The zero-order chi connectivity index (χ0) is 29.4. The van der Waals surface area contributed by atoms with Crippen LogP contribution in [-0.4, -0.2) is 4.98 Å². The second-order valence-corrected chi connectivity index (χ2v) is 12.0. The minimum absolute atomic E-state index is 1.03. The molecule has 0 amide bonds. The molecule has 1 heteroatoms. The maximum Gasteiger partial charge on any atom is 0.0745 e. The van der Waals surface area contributed by atoms with E-state index in [-0.39, 0.29) is 0 Å². The number of rotatable bonds is 3. The van der Waals surface area contributed by atoms with Gasteiger partial charge < -0.3 is 0 Å². The molecule has 0 spiro atoms. The van der Waals surface area contributed by atoms with Crippen LogP contribution < -0.4 is 0 Å². The number of fused-ring (bicyclic) bond motifs is 5. The predicted octanol–water partition coefficient (Wildman–Crippen LogP) is 11.8. The van der Waals surface area contributed by atoms with Crippen LogP contribution >= 0.6 is 0 Å². The van der Waals surface area contributed by atoms with Gasteiger partial charge in [0, 0.05) is 10.9 Å². The molecule has 1 aromatic heterocycles. The lowest BCUT2D eigenvalue weighted by atomic mass is 9.82. The summed E-state index contributed by atoms with van der Waals surface area (Å²) in [4.78, 5) is 5.24. The highest BCUT2D eigenvalue weighted by Crippen LogP contribution is 2.58. The summed E-state index contributed by atoms with van der Waals surface area (Å²) >= 11 is 0. The molecule has 7 aromatic carbocycles. The Morgan fingerprint density at radius 1 is 0.432 bits per heavy atom. The largest absolute Gasteiger partial charge is 0.247 e. The summed E-state index contributed by atoms with van der Waals surface area (Å²) in [5, 5.41) is 6.32. The van der Waals surface area contributed by atoms with Gasteiger partial charge in [-0.05, 0) is 104 Å². The van der Waals surface area contributed by atoms with E-state index in [0.29, 0.717) is 0 Å². The molecule has 1 aliphatic rings. The first-order chi connectivity index (χ1) is 21.7. The van der Waals surface area contributed by atoms with Crippen molar-refractivity contribution in [1.29, 1.82) is 0 Å². The van der Waals surface area contributed by atoms with Crippen molar-refractivity contribution in [2.24, 2.45) is 0 Å². The van der Waals surface area contributed by atoms with E-state index in [2.05, 4.69) is 153 Å². The Morgan fingerprint density at radius 3 is 1.66 bits per heavy atom. The Bertz CT molecular complexity index is 2340. The van der Waals surface area contributed by atoms with Gasteiger partial charge in [0.25, 0.3) is 0 Å². The first kappa shape index (κ1) is 25.0. The van der Waals surface area contributed by atoms with Crippen LogP contribution in [0, 0.1) is 13.8 Å². The molecule has 0 bridgehead atoms. The van der Waals surface area contributed by atoms with E-state index in [0.717, 1.165) is 11.2 Å². The molecule has 1 nitrogen and oxygen atoms in total. The fourth-order valence-corrected chi connectivity index (χ4v) is 7.49. The van der Waals surface area contributed by atoms with E-state index < -0.39 is 0 Å². The zero-order valence-corrected chi connectivity index (χ0v) is 24.7. The molecule has 0 N–H and O–H groups in total. The lowest BCUT2D eigenvalue weighted by Crippen LogP contribution is -1.93. The Morgan fingerprint density at radius 2 is 1.00 bits per heavy atom. The number of hydrogen-bond donors (Lipinski definition) is 0. The van der Waals surface area contributed by atoms with E-state index >= 15 is 0 Å². The third kappa shape index (κ3) is 3.56. The molecule has 1 aliphatic carbocycles. The van der Waals surface area contributed by atoms with Crippen LogP contribution in [0.1, 0.15) is 11.1 Å². The summed E-state index contributed by atoms with van der Waals surface area (Å²) in [5.74, 6) is 0. The summed E-state index contributed by atoms with van der Waals surface area (Å²) in [6.07, 6.45) is 0. The normalized spacial score (nSPS) is 11.9. The lowest BCUT2D eigenvalue weighted by molar-refractivity contribution is 1.33. The smallest absolute Gasteiger partial charge is 0.0745 e. The molecule has 0 saturated carbocycles. The van der Waals surface area contributed by atoms with E-state index in [1.165, 1.54) is 88.1 Å². The molecule has 44 heavy (non-hydrogen) atoms. The number of aryl methyl sites for hydroxylation is 2. The zero-order valence-electron chi connectivity index (χ0n) is 24.7. The summed E-state index contributed by atoms with van der Waals surface area (Å²) < 4.78 is 0. The van der Waals surface area contributed by atoms with Crippen molar-refractivity contribution in [3.8, 4) is 55.8 Å². The molecule has 1 heterocycles. The third-order valence-electron chi connectivity index (χ3n) is 9.34. The van der Waals surface area contributed by atoms with Crippen LogP contribution in [-0.2, 0) is 0 Å². The fourth-order valence-electron chi connectivity index (χ4n) is 7.49. The highest BCUT2D eigenvalue weighted by molar-refractivity contribution is 6.28. The van der Waals surface area contributed by atoms with Crippen LogP contribution in [0.4, 0.5) is 0 Å². The molecule has 0 radical (unpaired) electrons. The van der Waals surface area contributed by atoms with Gasteiger partial charge in [0.15, 0.2) is 0 Å². The summed E-state index contributed by atoms with van der Waals surface area (Å²) in [6.45, 7) is 4.33. The monoisotopic (exact) mass is 559 g/mol. The highest BCUT2D eigenvalue weighted by Gasteiger charge is 2.31. The molecule has 0 unspecified atom stereocenters. The predicted molar refractivity (Wildman–Crippen MR) is 187 cm³/mol. The Hall–Kier alpha value is -5.53. The van der Waals surface area contributed by atoms with Crippen LogP contribution in [0.15, 0.2) is 140 Å². The number of nitrogens with zero attached hydrogens (tertiary/aromatic N) is 1. The van der Waals surface area contributed by atoms with Crippen molar-refractivity contribution in [2.45, 2.75) is 13.8 Å². The van der Waals surface area contributed by atoms with Crippen LogP contribution in [0.3, 0.4) is 0 Å². The van der Waals surface area contributed by atoms with Gasteiger partial charge in [0.2, 0.25) is 0 Å². The van der Waals surface area contributed by atoms with E-state index in [9.17, 15) is 0 Å². The van der Waals surface area contributed by atoms with Gasteiger partial charge in [-0.25, -0.2) is 4.98 Å². The van der Waals surface area contributed by atoms with Crippen LogP contribution in [0.5, 0.6) is 0 Å². The Kier molecular flexibility index (Phi) is 5.39. The third-order valence-corrected chi connectivity index (χ3v) is 9.34. The van der Waals surface area contributed by atoms with Crippen LogP contribution in [0.25, 0.3) is 88.2 Å². The Balaban J connectivity index is 1.43. The van der Waals surface area contributed by atoms with Crippen molar-refractivity contribution in [3.63, 3.8) is 0 Å². The number of hydrogen-bond acceptors (Lipinski definition) is 1. The van der Waals surface area contributed by atoms with Gasteiger partial charge in [-0.2, -0.15) is 0 Å². The Labute approximate surface area is 257 Å². The quantitative estimate of drug-likeness (QED) is 0.210. The van der Waals surface area contributed by atoms with Crippen molar-refractivity contribution in [3.05, 3.63) is 151 Å². The maximum absolute atomic E-state index is 5.24. The van der Waals surface area contributed by atoms with Crippen molar-refractivity contribution in [2.75, 3.05) is 0 Å². The second-order valence-electron chi connectivity index (χ2n) is 12.0. The first-order valence-electron chi connectivity index (χ1n) is 15.3. The van der Waals surface area contributed by atoms with Crippen molar-refractivity contribution < 1.29 is 0 Å². The van der Waals surface area contributed by atoms with E-state index in [1.54, 1.807) is 0 Å².